The van der Waals surface area contributed by atoms with Crippen LogP contribution in [-0.4, -0.2) is 0 Å². The van der Waals surface area contributed by atoms with Gasteiger partial charge in [-0.05, 0) is 55.5 Å². The molecule has 8 aromatic rings. The molecule has 172 valence electrons. The molecule has 7 aromatic carbocycles. The predicted octanol–water partition coefficient (Wildman–Crippen LogP) is 10.4. The van der Waals surface area contributed by atoms with E-state index in [0.717, 1.165) is 0 Å². The van der Waals surface area contributed by atoms with Crippen LogP contribution in [0.2, 0.25) is 0 Å². The first-order valence-electron chi connectivity index (χ1n) is 21.9. The van der Waals surface area contributed by atoms with Gasteiger partial charge in [0.1, 0.15) is 11.2 Å². The van der Waals surface area contributed by atoms with Crippen molar-refractivity contribution in [3.05, 3.63) is 133 Å². The highest BCUT2D eigenvalue weighted by molar-refractivity contribution is 6.28. The van der Waals surface area contributed by atoms with Gasteiger partial charge in [0.25, 0.3) is 0 Å². The highest BCUT2D eigenvalue weighted by atomic mass is 16.3. The zero-order valence-corrected chi connectivity index (χ0v) is 18.4. The third-order valence-corrected chi connectivity index (χ3v) is 6.06. The van der Waals surface area contributed by atoms with Gasteiger partial charge >= 0.3 is 0 Å². The average Bonchev–Trinajstić information content (AvgIpc) is 3.61. The summed E-state index contributed by atoms with van der Waals surface area (Å²) < 4.78 is 200. The van der Waals surface area contributed by atoms with Gasteiger partial charge < -0.3 is 4.42 Å². The van der Waals surface area contributed by atoms with Gasteiger partial charge in [-0.1, -0.05) is 121 Å². The van der Waals surface area contributed by atoms with E-state index in [2.05, 4.69) is 0 Å². The van der Waals surface area contributed by atoms with Crippen LogP contribution in [0.1, 0.15) is 30.2 Å². The van der Waals surface area contributed by atoms with Crippen LogP contribution in [0.25, 0.3) is 76.5 Å². The van der Waals surface area contributed by atoms with Gasteiger partial charge in [0.2, 0.25) is 0 Å². The summed E-state index contributed by atoms with van der Waals surface area (Å²) in [4.78, 5) is 0. The molecule has 0 saturated carbocycles. The quantitative estimate of drug-likeness (QED) is 0.234. The van der Waals surface area contributed by atoms with Crippen LogP contribution in [0.4, 0.5) is 0 Å². The molecule has 0 aliphatic heterocycles. The van der Waals surface area contributed by atoms with Gasteiger partial charge in [-0.2, -0.15) is 0 Å². The maximum Gasteiger partial charge on any atom is 0.144 e. The molecule has 0 amide bonds. The van der Waals surface area contributed by atoms with Crippen LogP contribution in [0, 0.1) is 0 Å². The van der Waals surface area contributed by atoms with Crippen LogP contribution >= 0.6 is 0 Å². The average molecular weight is 493 g/mol. The van der Waals surface area contributed by atoms with E-state index in [9.17, 15) is 6.85 Å². The van der Waals surface area contributed by atoms with Crippen molar-refractivity contribution in [1.29, 1.82) is 0 Å². The van der Waals surface area contributed by atoms with Gasteiger partial charge in [-0.25, -0.2) is 0 Å². The maximum absolute atomic E-state index is 9.45. The molecular formula is C36H22O. The van der Waals surface area contributed by atoms with Crippen molar-refractivity contribution in [1.82, 2.24) is 0 Å². The van der Waals surface area contributed by atoms with E-state index in [1.165, 1.54) is 0 Å². The molecule has 0 aliphatic rings. The van der Waals surface area contributed by atoms with E-state index < -0.39 is 209 Å². The Hall–Kier alpha value is -4.88. The topological polar surface area (TPSA) is 13.1 Å². The first-order chi connectivity index (χ1) is 27.5. The Balaban J connectivity index is 1.84. The maximum atomic E-state index is 9.45. The van der Waals surface area contributed by atoms with Crippen LogP contribution in [-0.2, 0) is 0 Å². The molecule has 0 bridgehead atoms. The smallest absolute Gasteiger partial charge is 0.144 e. The van der Waals surface area contributed by atoms with Crippen molar-refractivity contribution in [2.45, 2.75) is 0 Å². The molecule has 0 unspecified atom stereocenters. The lowest BCUT2D eigenvalue weighted by atomic mass is 9.86. The Morgan fingerprint density at radius 3 is 1.92 bits per heavy atom. The van der Waals surface area contributed by atoms with E-state index in [1.807, 2.05) is 0 Å². The summed E-state index contributed by atoms with van der Waals surface area (Å²) >= 11 is 0. The second-order valence-electron chi connectivity index (χ2n) is 8.01. The number of fused-ring (bicyclic) bond motifs is 6. The third kappa shape index (κ3) is 2.98. The normalized spacial score (nSPS) is 20.1. The Kier molecular flexibility index (Phi) is 1.76. The summed E-state index contributed by atoms with van der Waals surface area (Å²) in [6.07, 6.45) is 0. The Bertz CT molecular complexity index is 3340. The fourth-order valence-corrected chi connectivity index (χ4v) is 4.56. The molecule has 8 rings (SSSR count). The number of para-hydroxylation sites is 1. The van der Waals surface area contributed by atoms with Crippen molar-refractivity contribution in [3.63, 3.8) is 0 Å². The fraction of sp³-hybridized carbons (Fsp3) is 0. The second kappa shape index (κ2) is 7.81. The van der Waals surface area contributed by atoms with E-state index in [4.69, 9.17) is 27.7 Å². The minimum absolute atomic E-state index is 0.488. The van der Waals surface area contributed by atoms with Crippen molar-refractivity contribution < 1.29 is 34.6 Å². The van der Waals surface area contributed by atoms with E-state index in [0.29, 0.717) is 0 Å². The zero-order valence-electron chi connectivity index (χ0n) is 40.4. The first-order valence-corrected chi connectivity index (χ1v) is 10.9. The van der Waals surface area contributed by atoms with Gasteiger partial charge in [0, 0.05) is 21.9 Å². The Labute approximate surface area is 245 Å². The predicted molar refractivity (Wildman–Crippen MR) is 157 cm³/mol. The molecule has 1 nitrogen and oxygen atoms in total. The number of hydrogen-bond acceptors (Lipinski definition) is 1. The molecule has 0 N–H and O–H groups in total. The van der Waals surface area contributed by atoms with Gasteiger partial charge in [0.05, 0.1) is 30.2 Å². The lowest BCUT2D eigenvalue weighted by Gasteiger charge is -2.16. The second-order valence-corrected chi connectivity index (χ2v) is 8.01. The third-order valence-electron chi connectivity index (χ3n) is 6.06. The Morgan fingerprint density at radius 1 is 0.459 bits per heavy atom. The summed E-state index contributed by atoms with van der Waals surface area (Å²) in [7, 11) is 0. The molecule has 1 heterocycles. The summed E-state index contributed by atoms with van der Waals surface area (Å²) in [5.41, 5.74) is -3.65. The van der Waals surface area contributed by atoms with Crippen molar-refractivity contribution in [3.8, 4) is 22.3 Å². The van der Waals surface area contributed by atoms with Gasteiger partial charge in [-0.15, -0.1) is 0 Å². The fourth-order valence-electron chi connectivity index (χ4n) is 4.56. The van der Waals surface area contributed by atoms with E-state index in [-0.39, 0.29) is 0 Å². The summed E-state index contributed by atoms with van der Waals surface area (Å²) in [5.74, 6) is 0. The number of rotatable bonds is 2. The molecule has 0 radical (unpaired) electrons. The molecule has 0 fully saturated rings. The molecule has 0 aliphatic carbocycles. The van der Waals surface area contributed by atoms with Crippen LogP contribution < -0.4 is 0 Å². The molecule has 37 heavy (non-hydrogen) atoms. The summed E-state index contributed by atoms with van der Waals surface area (Å²) in [6, 6.07) is -18.3. The van der Waals surface area contributed by atoms with E-state index >= 15 is 0 Å². The van der Waals surface area contributed by atoms with Crippen LogP contribution in [0.15, 0.2) is 137 Å². The molecule has 1 aromatic heterocycles. The van der Waals surface area contributed by atoms with Crippen molar-refractivity contribution >= 4 is 54.3 Å². The number of benzene rings is 7. The standard InChI is InChI=1S/C36H22O/c1-2-12-25-22-26(21-20-23(25)10-1)33-29-15-5-6-16-30(29)34(28-18-9-13-24-11-3-4-14-27(24)28)36-35(33)31-17-7-8-19-32(31)37-36/h1-22H/i1D,2D,3D,4D,5D,6D,7D,8D,9D,10D,11D,12D,13D,14D,15D,16D,17D,18D,19D,20D,21D,22D. The highest BCUT2D eigenvalue weighted by Gasteiger charge is 2.23. The monoisotopic (exact) mass is 492 g/mol. The highest BCUT2D eigenvalue weighted by Crippen LogP contribution is 2.48. The van der Waals surface area contributed by atoms with Gasteiger partial charge in [0.15, 0.2) is 0 Å². The van der Waals surface area contributed by atoms with E-state index in [1.54, 1.807) is 0 Å². The summed E-state index contributed by atoms with van der Waals surface area (Å²) in [5, 5.41) is -4.38. The summed E-state index contributed by atoms with van der Waals surface area (Å²) in [6.45, 7) is 0. The van der Waals surface area contributed by atoms with Crippen LogP contribution in [0.3, 0.4) is 0 Å². The molecular weight excluding hydrogens is 448 g/mol. The molecule has 0 saturated heterocycles. The molecule has 0 spiro atoms. The number of furan rings is 1. The van der Waals surface area contributed by atoms with Crippen molar-refractivity contribution in [2.75, 3.05) is 0 Å². The van der Waals surface area contributed by atoms with Crippen molar-refractivity contribution in [2.24, 2.45) is 0 Å². The zero-order chi connectivity index (χ0) is 43.5. The minimum atomic E-state index is -0.906. The van der Waals surface area contributed by atoms with Crippen LogP contribution in [0.5, 0.6) is 0 Å². The SMILES string of the molecule is [2H]c1c([2H])c([2H])c2c(oc3c(-c4c([2H])c([2H])c([2H])c5c([2H])c([2H])c([2H])c([2H])c45)c4c([2H])c([2H])c([2H])c([2H])c4c(-c4c([2H])c([2H])c5c([2H])c([2H])c([2H])c([2H])c5c4[2H])c32)c1[2H]. The lowest BCUT2D eigenvalue weighted by molar-refractivity contribution is 0.670. The largest absolute Gasteiger partial charge is 0.455 e. The Morgan fingerprint density at radius 2 is 1.08 bits per heavy atom. The first kappa shape index (κ1) is 8.33. The molecule has 1 heteroatoms. The molecule has 0 atom stereocenters. The lowest BCUT2D eigenvalue weighted by Crippen LogP contribution is -1.90. The number of hydrogen-bond donors (Lipinski definition) is 0. The van der Waals surface area contributed by atoms with Gasteiger partial charge in [-0.3, -0.25) is 0 Å². The minimum Gasteiger partial charge on any atom is -0.455 e.